The number of methoxy groups -OCH3 is 1. The third kappa shape index (κ3) is 4.62. The smallest absolute Gasteiger partial charge is 0.332 e. The van der Waals surface area contributed by atoms with Gasteiger partial charge in [-0.2, -0.15) is 0 Å². The first-order valence-corrected chi connectivity index (χ1v) is 13.2. The van der Waals surface area contributed by atoms with Crippen LogP contribution < -0.4 is 0 Å². The average Bonchev–Trinajstić information content (AvgIpc) is 2.81. The van der Waals surface area contributed by atoms with Crippen molar-refractivity contribution in [2.75, 3.05) is 34.4 Å². The van der Waals surface area contributed by atoms with Gasteiger partial charge in [0.05, 0.1) is 18.1 Å². The highest BCUT2D eigenvalue weighted by Crippen LogP contribution is 2.67. The summed E-state index contributed by atoms with van der Waals surface area (Å²) in [6.07, 6.45) is -1.44. The number of hydrogen-bond acceptors (Lipinski definition) is 10. The number of Topliss-reactive ketones (excluding diaryl/α,β-unsaturated/α-hetero) is 1. The Morgan fingerprint density at radius 1 is 1.16 bits per heavy atom. The molecule has 1 heterocycles. The predicted octanol–water partition coefficient (Wildman–Crippen LogP) is 1.65. The van der Waals surface area contributed by atoms with Crippen LogP contribution in [-0.4, -0.2) is 102 Å². The van der Waals surface area contributed by atoms with Gasteiger partial charge in [-0.05, 0) is 46.2 Å². The van der Waals surface area contributed by atoms with Crippen molar-refractivity contribution >= 4 is 17.7 Å². The van der Waals surface area contributed by atoms with Gasteiger partial charge in [0.2, 0.25) is 0 Å². The summed E-state index contributed by atoms with van der Waals surface area (Å²) in [5.41, 5.74) is -7.51. The van der Waals surface area contributed by atoms with Crippen molar-refractivity contribution in [1.82, 2.24) is 4.90 Å². The lowest BCUT2D eigenvalue weighted by atomic mass is 9.39. The zero-order valence-electron chi connectivity index (χ0n) is 24.0. The molecule has 0 aromatic heterocycles. The van der Waals surface area contributed by atoms with Crippen LogP contribution in [0.5, 0.6) is 0 Å². The first kappa shape index (κ1) is 30.7. The van der Waals surface area contributed by atoms with Crippen molar-refractivity contribution in [2.24, 2.45) is 16.7 Å². The molecule has 3 aliphatic rings. The van der Waals surface area contributed by atoms with Gasteiger partial charge >= 0.3 is 11.9 Å². The van der Waals surface area contributed by atoms with Crippen molar-refractivity contribution in [2.45, 2.75) is 95.4 Å². The number of nitrogens with zero attached hydrogens (tertiary/aromatic N) is 1. The molecule has 10 heteroatoms. The molecule has 0 unspecified atom stereocenters. The van der Waals surface area contributed by atoms with Crippen molar-refractivity contribution in [3.8, 4) is 0 Å². The van der Waals surface area contributed by atoms with Crippen molar-refractivity contribution in [3.63, 3.8) is 0 Å². The Kier molecular flexibility index (Phi) is 8.30. The van der Waals surface area contributed by atoms with E-state index in [-0.39, 0.29) is 12.8 Å². The number of hydrogen-bond donors (Lipinski definition) is 2. The summed E-state index contributed by atoms with van der Waals surface area (Å²) in [6.45, 7) is 12.6. The minimum atomic E-state index is -2.28. The Morgan fingerprint density at radius 2 is 1.79 bits per heavy atom. The highest BCUT2D eigenvalue weighted by molar-refractivity contribution is 5.92. The van der Waals surface area contributed by atoms with Gasteiger partial charge < -0.3 is 34.1 Å². The Balaban J connectivity index is 2.29. The molecule has 1 aliphatic heterocycles. The fourth-order valence-corrected chi connectivity index (χ4v) is 7.38. The van der Waals surface area contributed by atoms with E-state index in [1.807, 2.05) is 32.8 Å². The Bertz CT molecular complexity index is 966. The summed E-state index contributed by atoms with van der Waals surface area (Å²) in [4.78, 5) is 41.9. The molecule has 0 radical (unpaired) electrons. The summed E-state index contributed by atoms with van der Waals surface area (Å²) >= 11 is 0. The Hall–Kier alpha value is -1.85. The van der Waals surface area contributed by atoms with E-state index >= 15 is 0 Å². The maximum absolute atomic E-state index is 14.0. The van der Waals surface area contributed by atoms with E-state index in [0.717, 1.165) is 0 Å². The fraction of sp³-hybridized carbons (Fsp3) is 0.821. The van der Waals surface area contributed by atoms with E-state index in [1.165, 1.54) is 20.1 Å². The largest absolute Gasteiger partial charge is 0.458 e. The topological polar surface area (TPSA) is 132 Å². The maximum atomic E-state index is 14.0. The van der Waals surface area contributed by atoms with Crippen molar-refractivity contribution in [1.29, 1.82) is 0 Å². The lowest BCUT2D eigenvalue weighted by Gasteiger charge is -2.71. The summed E-state index contributed by atoms with van der Waals surface area (Å²) in [5.74, 6) is -2.61. The molecule has 2 N–H and O–H groups in total. The molecular formula is C28H45NO9. The Morgan fingerprint density at radius 3 is 2.34 bits per heavy atom. The lowest BCUT2D eigenvalue weighted by Crippen LogP contribution is -2.87. The van der Waals surface area contributed by atoms with Gasteiger partial charge in [0.25, 0.3) is 0 Å². The van der Waals surface area contributed by atoms with Crippen molar-refractivity contribution in [3.05, 3.63) is 12.7 Å². The average molecular weight is 540 g/mol. The SMILES string of the molecule is C=C[C@@]1(C)CC(=O)[C@]2(O)[C@@]3(C)[C@@H](O)CCC(C)(C)[C@@H]3[C@H](OC(=O)CCN(C)C)[C@H](OC(=O)COC)[C@@]2(C)O1. The normalized spacial score (nSPS) is 42.1. The van der Waals surface area contributed by atoms with Gasteiger partial charge in [0, 0.05) is 31.4 Å². The minimum absolute atomic E-state index is 0.0692. The van der Waals surface area contributed by atoms with E-state index in [1.54, 1.807) is 13.8 Å². The minimum Gasteiger partial charge on any atom is -0.458 e. The number of ether oxygens (including phenoxy) is 4. The van der Waals surface area contributed by atoms with Crippen LogP contribution in [0.2, 0.25) is 0 Å². The van der Waals surface area contributed by atoms with Crippen LogP contribution in [0.1, 0.15) is 60.3 Å². The number of aliphatic hydroxyl groups excluding tert-OH is 1. The highest BCUT2D eigenvalue weighted by Gasteiger charge is 2.82. The number of fused-ring (bicyclic) bond motifs is 3. The molecule has 10 nitrogen and oxygen atoms in total. The monoisotopic (exact) mass is 539 g/mol. The van der Waals surface area contributed by atoms with Gasteiger partial charge in [0.15, 0.2) is 17.5 Å². The van der Waals surface area contributed by atoms with Gasteiger partial charge in [0.1, 0.15) is 18.3 Å². The molecule has 1 saturated heterocycles. The van der Waals surface area contributed by atoms with E-state index in [0.29, 0.717) is 19.4 Å². The van der Waals surface area contributed by atoms with Crippen LogP contribution in [0.25, 0.3) is 0 Å². The number of carbonyl (C=O) groups excluding carboxylic acids is 3. The first-order valence-electron chi connectivity index (χ1n) is 13.2. The van der Waals surface area contributed by atoms with E-state index in [4.69, 9.17) is 18.9 Å². The molecule has 2 aliphatic carbocycles. The van der Waals surface area contributed by atoms with Gasteiger partial charge in [-0.15, -0.1) is 6.58 Å². The second-order valence-corrected chi connectivity index (χ2v) is 12.7. The molecule has 3 rings (SSSR count). The van der Waals surface area contributed by atoms with E-state index in [9.17, 15) is 24.6 Å². The standard InChI is InChI=1S/C28H45NO9/c1-10-25(4)15-18(31)28(34)26(5)17(30)11-13-24(2,3)22(26)21(36-19(32)12-14-29(7)8)23(27(28,6)38-25)37-20(33)16-35-9/h10,17,21-23,30,34H,1,11-16H2,2-9H3/t17-,21-,22-,23-,25-,26-,27+,28-/m0/s1. The number of aliphatic hydroxyl groups is 2. The van der Waals surface area contributed by atoms with Gasteiger partial charge in [-0.1, -0.05) is 26.8 Å². The van der Waals surface area contributed by atoms with Gasteiger partial charge in [-0.3, -0.25) is 9.59 Å². The van der Waals surface area contributed by atoms with Crippen molar-refractivity contribution < 1.29 is 43.5 Å². The van der Waals surface area contributed by atoms with E-state index < -0.39 is 76.2 Å². The number of ketones is 1. The first-order chi connectivity index (χ1) is 17.4. The zero-order chi connectivity index (χ0) is 28.9. The van der Waals surface area contributed by atoms with Crippen LogP contribution in [0.4, 0.5) is 0 Å². The van der Waals surface area contributed by atoms with Crippen LogP contribution in [0, 0.1) is 16.7 Å². The maximum Gasteiger partial charge on any atom is 0.332 e. The number of rotatable bonds is 8. The molecule has 8 atom stereocenters. The third-order valence-corrected chi connectivity index (χ3v) is 9.25. The predicted molar refractivity (Wildman–Crippen MR) is 138 cm³/mol. The number of carbonyl (C=O) groups is 3. The Labute approximate surface area is 225 Å². The van der Waals surface area contributed by atoms with Gasteiger partial charge in [-0.25, -0.2) is 4.79 Å². The third-order valence-electron chi connectivity index (χ3n) is 9.25. The second kappa shape index (κ2) is 10.3. The summed E-state index contributed by atoms with van der Waals surface area (Å²) in [6, 6.07) is 0. The van der Waals surface area contributed by atoms with Crippen LogP contribution in [0.15, 0.2) is 12.7 Å². The molecule has 0 bridgehead atoms. The fourth-order valence-electron chi connectivity index (χ4n) is 7.38. The second-order valence-electron chi connectivity index (χ2n) is 12.7. The molecule has 0 aromatic rings. The quantitative estimate of drug-likeness (QED) is 0.347. The lowest BCUT2D eigenvalue weighted by molar-refractivity contribution is -0.371. The van der Waals surface area contributed by atoms with Crippen LogP contribution >= 0.6 is 0 Å². The molecule has 0 aromatic carbocycles. The van der Waals surface area contributed by atoms with Crippen LogP contribution in [-0.2, 0) is 33.3 Å². The molecule has 3 fully saturated rings. The molecule has 216 valence electrons. The zero-order valence-corrected chi connectivity index (χ0v) is 24.0. The number of esters is 2. The summed E-state index contributed by atoms with van der Waals surface area (Å²) < 4.78 is 23.5. The molecular weight excluding hydrogens is 494 g/mol. The summed E-state index contributed by atoms with van der Waals surface area (Å²) in [5, 5.41) is 24.1. The molecule has 0 amide bonds. The molecule has 2 saturated carbocycles. The van der Waals surface area contributed by atoms with E-state index in [2.05, 4.69) is 6.58 Å². The molecule has 0 spiro atoms. The molecule has 38 heavy (non-hydrogen) atoms. The highest BCUT2D eigenvalue weighted by atomic mass is 16.6. The van der Waals surface area contributed by atoms with Crippen LogP contribution in [0.3, 0.4) is 0 Å². The summed E-state index contributed by atoms with van der Waals surface area (Å²) in [7, 11) is 5.01.